The van der Waals surface area contributed by atoms with Gasteiger partial charge in [-0.3, -0.25) is 4.98 Å². The van der Waals surface area contributed by atoms with E-state index in [9.17, 15) is 31.1 Å². The zero-order valence-corrected chi connectivity index (χ0v) is 19.6. The number of nitrogens with one attached hydrogen (secondary N) is 1. The second kappa shape index (κ2) is 10.6. The number of rotatable bonds is 8. The van der Waals surface area contributed by atoms with Crippen LogP contribution < -0.4 is 10.1 Å². The van der Waals surface area contributed by atoms with E-state index in [0.717, 1.165) is 4.90 Å². The van der Waals surface area contributed by atoms with Crippen molar-refractivity contribution in [1.29, 1.82) is 0 Å². The Morgan fingerprint density at radius 3 is 2.50 bits per heavy atom. The molecule has 1 N–H and O–H groups in total. The molecule has 0 spiro atoms. The summed E-state index contributed by atoms with van der Waals surface area (Å²) in [5.41, 5.74) is 1.85. The van der Waals surface area contributed by atoms with Crippen LogP contribution in [0.2, 0.25) is 0 Å². The van der Waals surface area contributed by atoms with E-state index >= 15 is 0 Å². The molecule has 0 aliphatic heterocycles. The number of ether oxygens (including phenoxy) is 1. The standard InChI is InChI=1S/C22H24F6N6O2/c1-4-34(20(35)32-17(22(26,27)28)5-7-21(23,24)25)13(2)14-6-8-29-15(11-14)16-12-33-10-9-30-18(33)19(31-16)36-3/h6,8-13,17H,4-5,7H2,1-3H3,(H,32,35)/t13?,17-/m0/s1. The summed E-state index contributed by atoms with van der Waals surface area (Å²) in [7, 11) is 1.44. The van der Waals surface area contributed by atoms with E-state index in [-0.39, 0.29) is 12.4 Å². The van der Waals surface area contributed by atoms with Crippen LogP contribution in [0, 0.1) is 0 Å². The first-order valence-electron chi connectivity index (χ1n) is 10.9. The topological polar surface area (TPSA) is 84.7 Å². The Balaban J connectivity index is 1.84. The third-order valence-electron chi connectivity index (χ3n) is 5.54. The number of hydrogen-bond acceptors (Lipinski definition) is 5. The van der Waals surface area contributed by atoms with Crippen molar-refractivity contribution < 1.29 is 35.9 Å². The first-order valence-corrected chi connectivity index (χ1v) is 10.9. The number of alkyl halides is 6. The SMILES string of the molecule is CCN(C(=O)N[C@@H](CCC(F)(F)F)C(F)(F)F)C(C)c1ccnc(-c2cn3ccnc3c(OC)n2)c1. The number of imidazole rings is 1. The summed E-state index contributed by atoms with van der Waals surface area (Å²) in [6.45, 7) is 3.14. The summed E-state index contributed by atoms with van der Waals surface area (Å²) in [4.78, 5) is 26.6. The second-order valence-electron chi connectivity index (χ2n) is 7.93. The highest BCUT2D eigenvalue weighted by atomic mass is 19.4. The van der Waals surface area contributed by atoms with Crippen LogP contribution in [-0.2, 0) is 0 Å². The molecule has 36 heavy (non-hydrogen) atoms. The molecule has 0 radical (unpaired) electrons. The first-order chi connectivity index (χ1) is 16.8. The van der Waals surface area contributed by atoms with Gasteiger partial charge >= 0.3 is 18.4 Å². The van der Waals surface area contributed by atoms with Crippen LogP contribution in [-0.4, -0.2) is 62.3 Å². The molecule has 0 saturated carbocycles. The maximum Gasteiger partial charge on any atom is 0.408 e. The molecule has 3 aromatic rings. The third kappa shape index (κ3) is 6.34. The van der Waals surface area contributed by atoms with Gasteiger partial charge in [0.1, 0.15) is 11.7 Å². The van der Waals surface area contributed by atoms with E-state index in [1.165, 1.54) is 13.3 Å². The predicted octanol–water partition coefficient (Wildman–Crippen LogP) is 5.17. The molecule has 14 heteroatoms. The molecule has 196 valence electrons. The maximum atomic E-state index is 13.3. The molecule has 3 heterocycles. The molecular weight excluding hydrogens is 494 g/mol. The molecule has 1 unspecified atom stereocenters. The maximum absolute atomic E-state index is 13.3. The molecule has 3 rings (SSSR count). The van der Waals surface area contributed by atoms with E-state index in [2.05, 4.69) is 15.0 Å². The van der Waals surface area contributed by atoms with E-state index in [1.807, 2.05) is 0 Å². The Bertz CT molecular complexity index is 1200. The molecule has 0 aliphatic carbocycles. The molecule has 0 aromatic carbocycles. The van der Waals surface area contributed by atoms with Crippen LogP contribution >= 0.6 is 0 Å². The lowest BCUT2D eigenvalue weighted by Gasteiger charge is -2.31. The molecule has 0 bridgehead atoms. The molecule has 0 fully saturated rings. The van der Waals surface area contributed by atoms with Crippen LogP contribution in [0.15, 0.2) is 36.9 Å². The molecule has 3 aromatic heterocycles. The van der Waals surface area contributed by atoms with Crippen LogP contribution in [0.1, 0.15) is 38.3 Å². The van der Waals surface area contributed by atoms with Gasteiger partial charge in [0.25, 0.3) is 5.88 Å². The Morgan fingerprint density at radius 1 is 1.17 bits per heavy atom. The van der Waals surface area contributed by atoms with Gasteiger partial charge in [-0.2, -0.15) is 26.3 Å². The van der Waals surface area contributed by atoms with Crippen molar-refractivity contribution in [3.8, 4) is 17.3 Å². The Morgan fingerprint density at radius 2 is 1.89 bits per heavy atom. The van der Waals surface area contributed by atoms with E-state index < -0.39 is 43.3 Å². The number of fused-ring (bicyclic) bond motifs is 1. The number of halogens is 6. The van der Waals surface area contributed by atoms with Crippen molar-refractivity contribution in [3.63, 3.8) is 0 Å². The molecule has 0 saturated heterocycles. The molecule has 8 nitrogen and oxygen atoms in total. The quantitative estimate of drug-likeness (QED) is 0.416. The van der Waals surface area contributed by atoms with Gasteiger partial charge in [0.05, 0.1) is 18.8 Å². The Kier molecular flexibility index (Phi) is 7.94. The summed E-state index contributed by atoms with van der Waals surface area (Å²) < 4.78 is 84.4. The van der Waals surface area contributed by atoms with Crippen molar-refractivity contribution in [3.05, 3.63) is 42.5 Å². The largest absolute Gasteiger partial charge is 0.478 e. The summed E-state index contributed by atoms with van der Waals surface area (Å²) in [6, 6.07) is -1.29. The van der Waals surface area contributed by atoms with E-state index in [0.29, 0.717) is 22.6 Å². The fraction of sp³-hybridized carbons (Fsp3) is 0.455. The summed E-state index contributed by atoms with van der Waals surface area (Å²) in [5, 5.41) is 1.72. The highest BCUT2D eigenvalue weighted by Crippen LogP contribution is 2.30. The van der Waals surface area contributed by atoms with Gasteiger partial charge in [0, 0.05) is 37.8 Å². The number of carbonyl (C=O) groups is 1. The number of methoxy groups -OCH3 is 1. The van der Waals surface area contributed by atoms with Crippen molar-refractivity contribution >= 4 is 11.7 Å². The predicted molar refractivity (Wildman–Crippen MR) is 117 cm³/mol. The lowest BCUT2D eigenvalue weighted by atomic mass is 10.1. The molecule has 2 amide bonds. The van der Waals surface area contributed by atoms with E-state index in [4.69, 9.17) is 4.74 Å². The zero-order valence-electron chi connectivity index (χ0n) is 19.6. The number of urea groups is 1. The Labute approximate surface area is 202 Å². The van der Waals surface area contributed by atoms with Crippen LogP contribution in [0.4, 0.5) is 31.1 Å². The van der Waals surface area contributed by atoms with Gasteiger partial charge in [-0.1, -0.05) is 0 Å². The number of hydrogen-bond donors (Lipinski definition) is 1. The van der Waals surface area contributed by atoms with Crippen molar-refractivity contribution in [2.75, 3.05) is 13.7 Å². The van der Waals surface area contributed by atoms with Gasteiger partial charge in [0.15, 0.2) is 5.65 Å². The summed E-state index contributed by atoms with van der Waals surface area (Å²) >= 11 is 0. The summed E-state index contributed by atoms with van der Waals surface area (Å²) in [6.07, 6.45) is -6.43. The van der Waals surface area contributed by atoms with Crippen LogP contribution in [0.25, 0.3) is 17.0 Å². The van der Waals surface area contributed by atoms with Gasteiger partial charge in [-0.25, -0.2) is 14.8 Å². The second-order valence-corrected chi connectivity index (χ2v) is 7.93. The van der Waals surface area contributed by atoms with E-state index in [1.54, 1.807) is 54.3 Å². The molecule has 0 aliphatic rings. The first kappa shape index (κ1) is 27.0. The highest BCUT2D eigenvalue weighted by molar-refractivity contribution is 5.75. The number of nitrogens with zero attached hydrogens (tertiary/aromatic N) is 5. The summed E-state index contributed by atoms with van der Waals surface area (Å²) in [5.74, 6) is 0.254. The highest BCUT2D eigenvalue weighted by Gasteiger charge is 2.43. The molecular formula is C22H24F6N6O2. The van der Waals surface area contributed by atoms with Gasteiger partial charge in [-0.15, -0.1) is 0 Å². The lowest BCUT2D eigenvalue weighted by molar-refractivity contribution is -0.171. The number of carbonyl (C=O) groups excluding carboxylic acids is 1. The minimum Gasteiger partial charge on any atom is -0.478 e. The fourth-order valence-electron chi connectivity index (χ4n) is 3.64. The minimum absolute atomic E-state index is 0.00156. The van der Waals surface area contributed by atoms with Gasteiger partial charge in [-0.05, 0) is 38.0 Å². The van der Waals surface area contributed by atoms with Gasteiger partial charge < -0.3 is 19.4 Å². The lowest BCUT2D eigenvalue weighted by Crippen LogP contribution is -2.51. The van der Waals surface area contributed by atoms with Crippen molar-refractivity contribution in [1.82, 2.24) is 29.6 Å². The van der Waals surface area contributed by atoms with Crippen LogP contribution in [0.5, 0.6) is 5.88 Å². The van der Waals surface area contributed by atoms with Gasteiger partial charge in [0.2, 0.25) is 0 Å². The number of pyridine rings is 1. The normalized spacial score (nSPS) is 13.9. The zero-order chi connectivity index (χ0) is 26.7. The number of aromatic nitrogens is 4. The smallest absolute Gasteiger partial charge is 0.408 e. The van der Waals surface area contributed by atoms with Crippen molar-refractivity contribution in [2.24, 2.45) is 0 Å². The van der Waals surface area contributed by atoms with Crippen LogP contribution in [0.3, 0.4) is 0 Å². The number of amides is 2. The Hall–Kier alpha value is -3.58. The fourth-order valence-corrected chi connectivity index (χ4v) is 3.64. The van der Waals surface area contributed by atoms with Crippen molar-refractivity contribution in [2.45, 2.75) is 51.1 Å². The minimum atomic E-state index is -5.04. The average molecular weight is 518 g/mol. The average Bonchev–Trinajstić information content (AvgIpc) is 3.29. The molecule has 2 atom stereocenters. The monoisotopic (exact) mass is 518 g/mol. The third-order valence-corrected chi connectivity index (χ3v) is 5.54.